The number of hydrogen-bond acceptors (Lipinski definition) is 13. The number of aromatic hydroxyl groups is 6. The van der Waals surface area contributed by atoms with Crippen molar-refractivity contribution in [2.24, 2.45) is 0 Å². The molecule has 45 heavy (non-hydrogen) atoms. The molecular weight excluding hydrogens is 592 g/mol. The molecule has 0 aliphatic rings. The molecule has 0 fully saturated rings. The minimum atomic E-state index is -0.919. The molecule has 0 aliphatic carbocycles. The zero-order valence-electron chi connectivity index (χ0n) is 23.3. The van der Waals surface area contributed by atoms with Crippen LogP contribution >= 0.6 is 0 Å². The molecule has 13 heteroatoms. The van der Waals surface area contributed by atoms with Crippen LogP contribution in [0.4, 0.5) is 0 Å². The summed E-state index contributed by atoms with van der Waals surface area (Å²) in [5, 5.41) is 61.4. The fourth-order valence-corrected chi connectivity index (χ4v) is 4.81. The first-order chi connectivity index (χ1) is 21.5. The first kappa shape index (κ1) is 28.6. The number of benzene rings is 4. The second kappa shape index (κ2) is 10.6. The third-order valence-electron chi connectivity index (χ3n) is 6.96. The summed E-state index contributed by atoms with van der Waals surface area (Å²) < 4.78 is 27.7. The van der Waals surface area contributed by atoms with Gasteiger partial charge in [0.1, 0.15) is 44.9 Å². The molecule has 0 unspecified atom stereocenters. The van der Waals surface area contributed by atoms with Crippen LogP contribution in [0.25, 0.3) is 44.6 Å². The van der Waals surface area contributed by atoms with Crippen LogP contribution in [-0.2, 0) is 0 Å². The maximum atomic E-state index is 12.8. The Morgan fingerprint density at radius 2 is 1.11 bits per heavy atom. The van der Waals surface area contributed by atoms with E-state index in [4.69, 9.17) is 23.0 Å². The second-order valence-corrected chi connectivity index (χ2v) is 9.73. The molecule has 0 aliphatic heterocycles. The number of hydrogen-bond donors (Lipinski definition) is 6. The Labute approximate surface area is 251 Å². The number of ether oxygens (including phenoxy) is 3. The van der Waals surface area contributed by atoms with Crippen LogP contribution in [0.2, 0.25) is 0 Å². The molecule has 13 nitrogen and oxygen atoms in total. The summed E-state index contributed by atoms with van der Waals surface area (Å²) in [6, 6.07) is 12.8. The second-order valence-electron chi connectivity index (χ2n) is 9.73. The topological polar surface area (TPSA) is 209 Å². The van der Waals surface area contributed by atoms with Crippen molar-refractivity contribution >= 4 is 21.9 Å². The van der Waals surface area contributed by atoms with Gasteiger partial charge in [-0.2, -0.15) is 0 Å². The molecule has 228 valence electrons. The van der Waals surface area contributed by atoms with E-state index in [-0.39, 0.29) is 73.3 Å². The molecule has 4 aromatic carbocycles. The van der Waals surface area contributed by atoms with Gasteiger partial charge in [0.2, 0.25) is 22.4 Å². The van der Waals surface area contributed by atoms with Gasteiger partial charge in [0.25, 0.3) is 0 Å². The minimum absolute atomic E-state index is 0.0576. The molecular formula is C32H22O13. The van der Waals surface area contributed by atoms with Gasteiger partial charge in [0.15, 0.2) is 34.5 Å². The Morgan fingerprint density at radius 1 is 0.556 bits per heavy atom. The van der Waals surface area contributed by atoms with E-state index >= 15 is 0 Å². The fraction of sp³-hybridized carbons (Fsp3) is 0.0625. The maximum Gasteiger partial charge on any atom is 0.238 e. The van der Waals surface area contributed by atoms with E-state index in [0.29, 0.717) is 0 Å². The van der Waals surface area contributed by atoms with E-state index in [2.05, 4.69) is 0 Å². The molecule has 0 amide bonds. The summed E-state index contributed by atoms with van der Waals surface area (Å²) in [4.78, 5) is 25.5. The Bertz CT molecular complexity index is 2280. The summed E-state index contributed by atoms with van der Waals surface area (Å²) >= 11 is 0. The van der Waals surface area contributed by atoms with Gasteiger partial charge < -0.3 is 53.7 Å². The van der Waals surface area contributed by atoms with Gasteiger partial charge in [-0.05, 0) is 36.4 Å². The Hall–Kier alpha value is -6.50. The van der Waals surface area contributed by atoms with Gasteiger partial charge in [-0.3, -0.25) is 9.59 Å². The van der Waals surface area contributed by atoms with Crippen molar-refractivity contribution < 1.29 is 53.7 Å². The number of rotatable bonds is 6. The molecule has 0 radical (unpaired) electrons. The van der Waals surface area contributed by atoms with E-state index in [9.17, 15) is 40.2 Å². The molecule has 2 aromatic heterocycles. The molecule has 0 saturated carbocycles. The quantitative estimate of drug-likeness (QED) is 0.141. The highest BCUT2D eigenvalue weighted by Gasteiger charge is 2.22. The Balaban J connectivity index is 1.36. The third-order valence-corrected chi connectivity index (χ3v) is 6.96. The standard InChI is InChI=1S/C32H22O13/c1-41-16-11-19(36)26-24(12-16)45-31(29(39)28(26)38)13-3-5-20(17(34)7-13)43-21-6-4-14(8-22(21)42-2)32-30(40)27(37)25-18(35)9-15(33)10-23(25)44-32/h3-12,33-36,39-40H,1-2H3. The molecule has 0 atom stereocenters. The SMILES string of the molecule is COc1cc(O)c2c(=O)c(O)c(-c3ccc(Oc4ccc(-c5oc6cc(O)cc(O)c6c(=O)c5O)cc4OC)c(O)c3)oc2c1. The smallest absolute Gasteiger partial charge is 0.238 e. The monoisotopic (exact) mass is 614 g/mol. The predicted molar refractivity (Wildman–Crippen MR) is 159 cm³/mol. The van der Waals surface area contributed by atoms with Gasteiger partial charge >= 0.3 is 0 Å². The molecule has 0 spiro atoms. The van der Waals surface area contributed by atoms with E-state index in [1.807, 2.05) is 0 Å². The summed E-state index contributed by atoms with van der Waals surface area (Å²) in [5.74, 6) is -3.54. The van der Waals surface area contributed by atoms with Crippen molar-refractivity contribution in [3.63, 3.8) is 0 Å². The highest BCUT2D eigenvalue weighted by Crippen LogP contribution is 2.43. The largest absolute Gasteiger partial charge is 0.508 e. The highest BCUT2D eigenvalue weighted by atomic mass is 16.5. The maximum absolute atomic E-state index is 12.8. The number of phenols is 4. The molecule has 2 heterocycles. The van der Waals surface area contributed by atoms with Crippen LogP contribution in [0.5, 0.6) is 57.5 Å². The van der Waals surface area contributed by atoms with Crippen LogP contribution < -0.4 is 25.1 Å². The predicted octanol–water partition coefficient (Wildman–Crippen LogP) is 5.28. The van der Waals surface area contributed by atoms with E-state index in [1.165, 1.54) is 62.8 Å². The number of phenolic OH excluding ortho intramolecular Hbond substituents is 4. The van der Waals surface area contributed by atoms with Crippen molar-refractivity contribution in [1.29, 1.82) is 0 Å². The lowest BCUT2D eigenvalue weighted by Gasteiger charge is -2.14. The first-order valence-electron chi connectivity index (χ1n) is 13.0. The van der Waals surface area contributed by atoms with Gasteiger partial charge in [-0.15, -0.1) is 0 Å². The lowest BCUT2D eigenvalue weighted by Crippen LogP contribution is -2.03. The molecule has 6 rings (SSSR count). The lowest BCUT2D eigenvalue weighted by molar-refractivity contribution is 0.366. The number of fused-ring (bicyclic) bond motifs is 2. The van der Waals surface area contributed by atoms with Crippen LogP contribution in [0.15, 0.2) is 79.1 Å². The summed E-state index contributed by atoms with van der Waals surface area (Å²) in [7, 11) is 2.70. The molecule has 6 N–H and O–H groups in total. The molecule has 0 saturated heterocycles. The highest BCUT2D eigenvalue weighted by molar-refractivity contribution is 5.89. The minimum Gasteiger partial charge on any atom is -0.508 e. The van der Waals surface area contributed by atoms with E-state index < -0.39 is 39.6 Å². The zero-order chi connectivity index (χ0) is 32.2. The van der Waals surface area contributed by atoms with Crippen molar-refractivity contribution in [2.45, 2.75) is 0 Å². The zero-order valence-corrected chi connectivity index (χ0v) is 23.3. The van der Waals surface area contributed by atoms with Crippen LogP contribution in [0, 0.1) is 0 Å². The normalized spacial score (nSPS) is 11.2. The summed E-state index contributed by atoms with van der Waals surface area (Å²) in [6.07, 6.45) is 0. The summed E-state index contributed by atoms with van der Waals surface area (Å²) in [5.41, 5.74) is -1.74. The molecule has 0 bridgehead atoms. The van der Waals surface area contributed by atoms with Crippen LogP contribution in [-0.4, -0.2) is 44.9 Å². The number of methoxy groups -OCH3 is 2. The fourth-order valence-electron chi connectivity index (χ4n) is 4.81. The van der Waals surface area contributed by atoms with Gasteiger partial charge in [0.05, 0.1) is 14.2 Å². The van der Waals surface area contributed by atoms with Crippen molar-refractivity contribution in [3.8, 4) is 80.1 Å². The van der Waals surface area contributed by atoms with Crippen molar-refractivity contribution in [3.05, 3.63) is 81.1 Å². The lowest BCUT2D eigenvalue weighted by atomic mass is 10.1. The van der Waals surface area contributed by atoms with E-state index in [0.717, 1.165) is 12.1 Å². The van der Waals surface area contributed by atoms with Crippen LogP contribution in [0.1, 0.15) is 0 Å². The van der Waals surface area contributed by atoms with Crippen molar-refractivity contribution in [1.82, 2.24) is 0 Å². The first-order valence-corrected chi connectivity index (χ1v) is 13.0. The van der Waals surface area contributed by atoms with E-state index in [1.54, 1.807) is 0 Å². The summed E-state index contributed by atoms with van der Waals surface area (Å²) in [6.45, 7) is 0. The average Bonchev–Trinajstić information content (AvgIpc) is 3.01. The third kappa shape index (κ3) is 4.77. The Morgan fingerprint density at radius 3 is 1.69 bits per heavy atom. The average molecular weight is 615 g/mol. The van der Waals surface area contributed by atoms with Gasteiger partial charge in [-0.25, -0.2) is 0 Å². The van der Waals surface area contributed by atoms with Crippen LogP contribution in [0.3, 0.4) is 0 Å². The van der Waals surface area contributed by atoms with Crippen molar-refractivity contribution in [2.75, 3.05) is 14.2 Å². The van der Waals surface area contributed by atoms with Gasteiger partial charge in [-0.1, -0.05) is 0 Å². The Kier molecular flexibility index (Phi) is 6.77. The van der Waals surface area contributed by atoms with Gasteiger partial charge in [0, 0.05) is 35.4 Å². The molecule has 6 aromatic rings.